The second-order valence-corrected chi connectivity index (χ2v) is 20.6. The molecule has 8 aromatic carbocycles. The number of hydrogen-bond donors (Lipinski definition) is 0. The SMILES string of the molecule is CC(C)(C)c1ccc(-c2cccc3c2Sc2ccccc2[Si]3(c2ccc(-c3cccc(-n4c5ccccc5c5ccccc54)c3)cc2)c2cccc(F)c2)cc1. The molecule has 0 amide bonds. The van der Waals surface area contributed by atoms with Gasteiger partial charge in [-0.2, -0.15) is 0 Å². The van der Waals surface area contributed by atoms with Gasteiger partial charge in [-0.25, -0.2) is 4.39 Å². The van der Waals surface area contributed by atoms with E-state index in [0.29, 0.717) is 0 Å². The van der Waals surface area contributed by atoms with Crippen molar-refractivity contribution < 1.29 is 4.39 Å². The van der Waals surface area contributed by atoms with Crippen LogP contribution in [0.5, 0.6) is 0 Å². The fourth-order valence-corrected chi connectivity index (χ4v) is 16.0. The predicted octanol–water partition coefficient (Wildman–Crippen LogP) is 11.4. The molecular formula is C52H40FNSSi. The molecule has 1 aliphatic heterocycles. The second-order valence-electron chi connectivity index (χ2n) is 15.9. The molecule has 0 bridgehead atoms. The molecule has 1 aromatic heterocycles. The number of para-hydroxylation sites is 2. The van der Waals surface area contributed by atoms with E-state index in [9.17, 15) is 0 Å². The first kappa shape index (κ1) is 34.5. The van der Waals surface area contributed by atoms with Crippen LogP contribution in [0.1, 0.15) is 26.3 Å². The van der Waals surface area contributed by atoms with Gasteiger partial charge in [0, 0.05) is 26.3 Å². The first-order chi connectivity index (χ1) is 27.3. The van der Waals surface area contributed by atoms with Crippen molar-refractivity contribution in [1.82, 2.24) is 4.57 Å². The van der Waals surface area contributed by atoms with Crippen LogP contribution in [0.2, 0.25) is 0 Å². The minimum atomic E-state index is -3.02. The smallest absolute Gasteiger partial charge is 0.182 e. The Bertz CT molecular complexity index is 2880. The van der Waals surface area contributed by atoms with Crippen LogP contribution in [0.3, 0.4) is 0 Å². The molecule has 0 fully saturated rings. The summed E-state index contributed by atoms with van der Waals surface area (Å²) in [4.78, 5) is 2.49. The topological polar surface area (TPSA) is 4.93 Å². The summed E-state index contributed by atoms with van der Waals surface area (Å²) in [6, 6.07) is 67.4. The zero-order valence-electron chi connectivity index (χ0n) is 31.6. The third-order valence-corrected chi connectivity index (χ3v) is 18.0. The molecular weight excluding hydrogens is 718 g/mol. The van der Waals surface area contributed by atoms with Gasteiger partial charge in [0.15, 0.2) is 8.07 Å². The van der Waals surface area contributed by atoms with Crippen LogP contribution in [0.25, 0.3) is 49.7 Å². The monoisotopic (exact) mass is 757 g/mol. The Hall–Kier alpha value is -5.94. The molecule has 1 atom stereocenters. The molecule has 1 aliphatic rings. The number of halogens is 1. The normalized spacial score (nSPS) is 15.1. The molecule has 4 heteroatoms. The van der Waals surface area contributed by atoms with Crippen molar-refractivity contribution in [3.05, 3.63) is 199 Å². The van der Waals surface area contributed by atoms with Gasteiger partial charge in [0.25, 0.3) is 0 Å². The fourth-order valence-electron chi connectivity index (χ4n) is 8.89. The lowest BCUT2D eigenvalue weighted by Gasteiger charge is -2.40. The van der Waals surface area contributed by atoms with Crippen LogP contribution < -0.4 is 20.7 Å². The lowest BCUT2D eigenvalue weighted by molar-refractivity contribution is 0.590. The summed E-state index contributed by atoms with van der Waals surface area (Å²) in [6.07, 6.45) is 0. The highest BCUT2D eigenvalue weighted by Crippen LogP contribution is 2.40. The van der Waals surface area contributed by atoms with Crippen LogP contribution in [0.15, 0.2) is 198 Å². The third-order valence-electron chi connectivity index (χ3n) is 11.6. The van der Waals surface area contributed by atoms with E-state index in [1.807, 2.05) is 17.8 Å². The average Bonchev–Trinajstić information content (AvgIpc) is 3.57. The Labute approximate surface area is 333 Å². The Morgan fingerprint density at radius 2 is 1.12 bits per heavy atom. The van der Waals surface area contributed by atoms with E-state index in [0.717, 1.165) is 22.0 Å². The largest absolute Gasteiger partial charge is 0.309 e. The van der Waals surface area contributed by atoms with E-state index < -0.39 is 8.07 Å². The van der Waals surface area contributed by atoms with Crippen molar-refractivity contribution in [2.75, 3.05) is 0 Å². The zero-order valence-corrected chi connectivity index (χ0v) is 33.4. The van der Waals surface area contributed by atoms with E-state index in [4.69, 9.17) is 0 Å². The molecule has 0 saturated heterocycles. The zero-order chi connectivity index (χ0) is 38.0. The van der Waals surface area contributed by atoms with Crippen molar-refractivity contribution >= 4 is 62.4 Å². The number of rotatable bonds is 5. The quantitative estimate of drug-likeness (QED) is 0.158. The van der Waals surface area contributed by atoms with E-state index in [1.54, 1.807) is 12.1 Å². The summed E-state index contributed by atoms with van der Waals surface area (Å²) in [6.45, 7) is 6.77. The van der Waals surface area contributed by atoms with Crippen molar-refractivity contribution in [2.45, 2.75) is 36.0 Å². The molecule has 0 radical (unpaired) electrons. The Morgan fingerprint density at radius 3 is 1.84 bits per heavy atom. The maximum atomic E-state index is 15.5. The van der Waals surface area contributed by atoms with Crippen molar-refractivity contribution in [3.63, 3.8) is 0 Å². The van der Waals surface area contributed by atoms with Crippen LogP contribution in [-0.2, 0) is 5.41 Å². The summed E-state index contributed by atoms with van der Waals surface area (Å²) in [5.74, 6) is -0.209. The molecule has 10 rings (SSSR count). The standard InChI is InChI=1S/C52H40FNSSi/c1-52(2,3)38-29-25-36(26-30-38)43-19-12-24-50-51(43)55-48-22-8-9-23-49(48)56(50,42-16-11-14-39(53)34-42)41-31-27-35(28-32-41)37-13-10-15-40(33-37)54-46-20-6-4-17-44(46)45-18-5-7-21-47(45)54/h4-34H,1-3H3. The summed E-state index contributed by atoms with van der Waals surface area (Å²) in [5, 5.41) is 7.38. The molecule has 0 N–H and O–H groups in total. The van der Waals surface area contributed by atoms with Crippen molar-refractivity contribution in [1.29, 1.82) is 0 Å². The van der Waals surface area contributed by atoms with Gasteiger partial charge < -0.3 is 4.57 Å². The number of benzene rings is 8. The minimum absolute atomic E-state index is 0.0697. The number of nitrogens with zero attached hydrogens (tertiary/aromatic N) is 1. The van der Waals surface area contributed by atoms with E-state index in [-0.39, 0.29) is 11.2 Å². The predicted molar refractivity (Wildman–Crippen MR) is 238 cm³/mol. The Morgan fingerprint density at radius 1 is 0.500 bits per heavy atom. The Kier molecular flexibility index (Phi) is 8.25. The van der Waals surface area contributed by atoms with Crippen LogP contribution in [-0.4, -0.2) is 12.6 Å². The summed E-state index contributed by atoms with van der Waals surface area (Å²) in [7, 11) is -3.02. The summed E-state index contributed by atoms with van der Waals surface area (Å²) >= 11 is 1.85. The highest BCUT2D eigenvalue weighted by Gasteiger charge is 2.47. The molecule has 0 aliphatic carbocycles. The van der Waals surface area contributed by atoms with Gasteiger partial charge in [-0.1, -0.05) is 178 Å². The lowest BCUT2D eigenvalue weighted by Crippen LogP contribution is -2.76. The van der Waals surface area contributed by atoms with Crippen molar-refractivity contribution in [2.24, 2.45) is 0 Å². The van der Waals surface area contributed by atoms with Crippen LogP contribution >= 0.6 is 11.8 Å². The fraction of sp³-hybridized carbons (Fsp3) is 0.0769. The van der Waals surface area contributed by atoms with Gasteiger partial charge in [0.1, 0.15) is 5.82 Å². The molecule has 0 saturated carbocycles. The third kappa shape index (κ3) is 5.50. The molecule has 0 spiro atoms. The maximum Gasteiger partial charge on any atom is 0.182 e. The van der Waals surface area contributed by atoms with Crippen LogP contribution in [0.4, 0.5) is 4.39 Å². The van der Waals surface area contributed by atoms with Gasteiger partial charge in [-0.05, 0) is 96.4 Å². The molecule has 1 unspecified atom stereocenters. The van der Waals surface area contributed by atoms with Gasteiger partial charge in [-0.3, -0.25) is 0 Å². The first-order valence-electron chi connectivity index (χ1n) is 19.3. The van der Waals surface area contributed by atoms with Gasteiger partial charge in [0.2, 0.25) is 0 Å². The highest BCUT2D eigenvalue weighted by atomic mass is 32.2. The van der Waals surface area contributed by atoms with Gasteiger partial charge in [-0.15, -0.1) is 0 Å². The molecule has 9 aromatic rings. The number of hydrogen-bond acceptors (Lipinski definition) is 1. The molecule has 2 heterocycles. The number of fused-ring (bicyclic) bond motifs is 5. The van der Waals surface area contributed by atoms with Crippen molar-refractivity contribution in [3.8, 4) is 27.9 Å². The average molecular weight is 758 g/mol. The van der Waals surface area contributed by atoms with E-state index in [2.05, 4.69) is 195 Å². The molecule has 56 heavy (non-hydrogen) atoms. The minimum Gasteiger partial charge on any atom is -0.309 e. The number of aromatic nitrogens is 1. The summed E-state index contributed by atoms with van der Waals surface area (Å²) < 4.78 is 17.9. The second kappa shape index (κ2) is 13.4. The molecule has 1 nitrogen and oxygen atoms in total. The Balaban J connectivity index is 1.15. The van der Waals surface area contributed by atoms with Gasteiger partial charge >= 0.3 is 0 Å². The van der Waals surface area contributed by atoms with Crippen LogP contribution in [0, 0.1) is 5.82 Å². The first-order valence-corrected chi connectivity index (χ1v) is 22.1. The van der Waals surface area contributed by atoms with E-state index >= 15 is 4.39 Å². The highest BCUT2D eigenvalue weighted by molar-refractivity contribution is 8.00. The summed E-state index contributed by atoms with van der Waals surface area (Å²) in [5.41, 5.74) is 9.61. The van der Waals surface area contributed by atoms with Gasteiger partial charge in [0.05, 0.1) is 11.0 Å². The van der Waals surface area contributed by atoms with E-state index in [1.165, 1.54) is 63.8 Å². The lowest BCUT2D eigenvalue weighted by atomic mass is 9.86. The molecule has 270 valence electrons. The maximum absolute atomic E-state index is 15.5.